The van der Waals surface area contributed by atoms with E-state index in [1.54, 1.807) is 51.2 Å². The van der Waals surface area contributed by atoms with Gasteiger partial charge in [0.15, 0.2) is 0 Å². The molecule has 0 saturated carbocycles. The lowest BCUT2D eigenvalue weighted by Gasteiger charge is -2.40. The van der Waals surface area contributed by atoms with Crippen molar-refractivity contribution in [3.8, 4) is 11.5 Å². The van der Waals surface area contributed by atoms with Gasteiger partial charge in [0.05, 0.1) is 24.4 Å². The first kappa shape index (κ1) is 22.0. The second-order valence-electron chi connectivity index (χ2n) is 7.18. The van der Waals surface area contributed by atoms with Gasteiger partial charge in [-0.3, -0.25) is 4.79 Å². The number of hydrogen-bond donors (Lipinski definition) is 1. The maximum Gasteiger partial charge on any atom is 0.324 e. The van der Waals surface area contributed by atoms with E-state index in [-0.39, 0.29) is 11.9 Å². The number of allylic oxidation sites excluding steroid dienone is 1. The van der Waals surface area contributed by atoms with Crippen molar-refractivity contribution in [2.75, 3.05) is 33.1 Å². The van der Waals surface area contributed by atoms with Crippen molar-refractivity contribution < 1.29 is 19.1 Å². The molecule has 0 saturated heterocycles. The van der Waals surface area contributed by atoms with Gasteiger partial charge < -0.3 is 24.6 Å². The fourth-order valence-electron chi connectivity index (χ4n) is 3.61. The van der Waals surface area contributed by atoms with E-state index in [1.165, 1.54) is 4.90 Å². The molecule has 1 aliphatic rings. The molecular formula is C24H27N3O4. The summed E-state index contributed by atoms with van der Waals surface area (Å²) in [4.78, 5) is 29.3. The van der Waals surface area contributed by atoms with Crippen LogP contribution >= 0.6 is 0 Å². The maximum absolute atomic E-state index is 13.5. The van der Waals surface area contributed by atoms with Gasteiger partial charge in [-0.2, -0.15) is 0 Å². The van der Waals surface area contributed by atoms with Gasteiger partial charge in [0, 0.05) is 19.8 Å². The molecule has 1 aliphatic heterocycles. The maximum atomic E-state index is 13.5. The molecule has 1 atom stereocenters. The zero-order valence-corrected chi connectivity index (χ0v) is 18.2. The lowest BCUT2D eigenvalue weighted by atomic mass is 9.92. The number of ether oxygens (including phenoxy) is 2. The Balaban J connectivity index is 2.04. The van der Waals surface area contributed by atoms with Gasteiger partial charge in [-0.05, 0) is 36.8 Å². The molecule has 2 aromatic carbocycles. The number of carbonyl (C=O) groups is 2. The summed E-state index contributed by atoms with van der Waals surface area (Å²) >= 11 is 0. The predicted octanol–water partition coefficient (Wildman–Crippen LogP) is 4.21. The highest BCUT2D eigenvalue weighted by Gasteiger charge is 2.38. The molecule has 162 valence electrons. The van der Waals surface area contributed by atoms with Crippen molar-refractivity contribution >= 4 is 17.6 Å². The van der Waals surface area contributed by atoms with Gasteiger partial charge in [0.25, 0.3) is 5.91 Å². The van der Waals surface area contributed by atoms with E-state index in [4.69, 9.17) is 9.47 Å². The van der Waals surface area contributed by atoms with Crippen LogP contribution in [-0.2, 0) is 4.79 Å². The number of benzene rings is 2. The molecule has 31 heavy (non-hydrogen) atoms. The Morgan fingerprint density at radius 2 is 1.94 bits per heavy atom. The van der Waals surface area contributed by atoms with Gasteiger partial charge >= 0.3 is 6.03 Å². The number of likely N-dealkylation sites (N-methyl/N-ethyl adjacent to an activating group) is 1. The second-order valence-corrected chi connectivity index (χ2v) is 7.18. The average molecular weight is 421 g/mol. The van der Waals surface area contributed by atoms with Crippen LogP contribution in [0.2, 0.25) is 0 Å². The second kappa shape index (κ2) is 9.38. The number of methoxy groups -OCH3 is 1. The molecule has 0 fully saturated rings. The topological polar surface area (TPSA) is 71.1 Å². The van der Waals surface area contributed by atoms with Crippen LogP contribution in [-0.4, -0.2) is 49.6 Å². The molecular weight excluding hydrogens is 394 g/mol. The molecule has 3 rings (SSSR count). The minimum absolute atomic E-state index is 0.200. The van der Waals surface area contributed by atoms with Crippen molar-refractivity contribution in [3.63, 3.8) is 0 Å². The summed E-state index contributed by atoms with van der Waals surface area (Å²) in [7, 11) is 4.89. The largest absolute Gasteiger partial charge is 0.495 e. The van der Waals surface area contributed by atoms with Crippen molar-refractivity contribution in [1.29, 1.82) is 0 Å². The number of amides is 3. The Kier molecular flexibility index (Phi) is 6.65. The third-order valence-corrected chi connectivity index (χ3v) is 5.28. The fourth-order valence-corrected chi connectivity index (χ4v) is 3.61. The first-order valence-corrected chi connectivity index (χ1v) is 9.88. The predicted molar refractivity (Wildman–Crippen MR) is 120 cm³/mol. The number of carbonyl (C=O) groups excluding carboxylic acids is 2. The van der Waals surface area contributed by atoms with E-state index in [9.17, 15) is 9.59 Å². The summed E-state index contributed by atoms with van der Waals surface area (Å²) in [6, 6.07) is 13.8. The molecule has 2 aromatic rings. The SMILES string of the molecule is C=CCOc1cccc([C@H]2C(C(=O)Nc3ccccc3OC)=C(C)N(C)C(=O)N2C)c1. The standard InChI is InChI=1S/C24H27N3O4/c1-6-14-31-18-11-9-10-17(15-18)22-21(16(2)26(3)24(29)27(22)4)23(28)25-19-12-7-8-13-20(19)30-5/h6-13,15,22H,1,14H2,2-5H3,(H,25,28)/t22-/m0/s1. The summed E-state index contributed by atoms with van der Waals surface area (Å²) < 4.78 is 11.0. The highest BCUT2D eigenvalue weighted by molar-refractivity contribution is 6.07. The summed E-state index contributed by atoms with van der Waals surface area (Å²) in [6.07, 6.45) is 1.66. The van der Waals surface area contributed by atoms with E-state index >= 15 is 0 Å². The van der Waals surface area contributed by atoms with Crippen molar-refractivity contribution in [1.82, 2.24) is 9.80 Å². The minimum atomic E-state index is -0.578. The molecule has 0 unspecified atom stereocenters. The molecule has 1 heterocycles. The van der Waals surface area contributed by atoms with Gasteiger partial charge in [0.2, 0.25) is 0 Å². The first-order valence-electron chi connectivity index (χ1n) is 9.88. The molecule has 0 spiro atoms. The monoisotopic (exact) mass is 421 g/mol. The van der Waals surface area contributed by atoms with Crippen LogP contribution in [0.25, 0.3) is 0 Å². The number of para-hydroxylation sites is 2. The van der Waals surface area contributed by atoms with Crippen LogP contribution in [0.3, 0.4) is 0 Å². The number of rotatable bonds is 7. The number of hydrogen-bond acceptors (Lipinski definition) is 4. The van der Waals surface area contributed by atoms with Crippen LogP contribution in [0.4, 0.5) is 10.5 Å². The molecule has 0 aliphatic carbocycles. The molecule has 1 N–H and O–H groups in total. The van der Waals surface area contributed by atoms with E-state index in [0.29, 0.717) is 35.1 Å². The number of nitrogens with one attached hydrogen (secondary N) is 1. The lowest BCUT2D eigenvalue weighted by molar-refractivity contribution is -0.113. The third-order valence-electron chi connectivity index (χ3n) is 5.28. The Hall–Kier alpha value is -3.74. The Morgan fingerprint density at radius 3 is 2.65 bits per heavy atom. The zero-order valence-electron chi connectivity index (χ0n) is 18.2. The quantitative estimate of drug-likeness (QED) is 0.680. The molecule has 3 amide bonds. The van der Waals surface area contributed by atoms with Gasteiger partial charge in [-0.25, -0.2) is 4.79 Å². The van der Waals surface area contributed by atoms with Crippen LogP contribution in [0.5, 0.6) is 11.5 Å². The Labute approximate surface area is 182 Å². The third kappa shape index (κ3) is 4.40. The Bertz CT molecular complexity index is 1030. The lowest BCUT2D eigenvalue weighted by Crippen LogP contribution is -2.47. The number of urea groups is 1. The summed E-state index contributed by atoms with van der Waals surface area (Å²) in [5.41, 5.74) is 2.38. The van der Waals surface area contributed by atoms with Crippen LogP contribution in [0.15, 0.2) is 72.5 Å². The smallest absolute Gasteiger partial charge is 0.324 e. The van der Waals surface area contributed by atoms with Crippen LogP contribution < -0.4 is 14.8 Å². The average Bonchev–Trinajstić information content (AvgIpc) is 2.78. The van der Waals surface area contributed by atoms with Crippen LogP contribution in [0.1, 0.15) is 18.5 Å². The van der Waals surface area contributed by atoms with E-state index in [1.807, 2.05) is 36.4 Å². The highest BCUT2D eigenvalue weighted by Crippen LogP contribution is 2.37. The summed E-state index contributed by atoms with van der Waals surface area (Å²) in [6.45, 7) is 5.80. The molecule has 0 aromatic heterocycles. The normalized spacial score (nSPS) is 16.3. The van der Waals surface area contributed by atoms with Crippen LogP contribution in [0, 0.1) is 0 Å². The highest BCUT2D eigenvalue weighted by atomic mass is 16.5. The van der Waals surface area contributed by atoms with E-state index < -0.39 is 6.04 Å². The summed E-state index contributed by atoms with van der Waals surface area (Å²) in [5, 5.41) is 2.94. The van der Waals surface area contributed by atoms with Gasteiger partial charge in [-0.1, -0.05) is 36.9 Å². The van der Waals surface area contributed by atoms with Crippen molar-refractivity contribution in [2.24, 2.45) is 0 Å². The summed E-state index contributed by atoms with van der Waals surface area (Å²) in [5.74, 6) is 0.883. The van der Waals surface area contributed by atoms with Crippen molar-refractivity contribution in [2.45, 2.75) is 13.0 Å². The first-order chi connectivity index (χ1) is 14.9. The molecule has 7 nitrogen and oxygen atoms in total. The number of nitrogens with zero attached hydrogens (tertiary/aromatic N) is 2. The molecule has 0 radical (unpaired) electrons. The van der Waals surface area contributed by atoms with E-state index in [2.05, 4.69) is 11.9 Å². The Morgan fingerprint density at radius 1 is 1.19 bits per heavy atom. The molecule has 0 bridgehead atoms. The van der Waals surface area contributed by atoms with Crippen molar-refractivity contribution in [3.05, 3.63) is 78.0 Å². The zero-order chi connectivity index (χ0) is 22.5. The minimum Gasteiger partial charge on any atom is -0.495 e. The van der Waals surface area contributed by atoms with E-state index in [0.717, 1.165) is 5.56 Å². The van der Waals surface area contributed by atoms with Gasteiger partial charge in [-0.15, -0.1) is 0 Å². The fraction of sp³-hybridized carbons (Fsp3) is 0.250. The molecule has 7 heteroatoms. The number of anilines is 1. The van der Waals surface area contributed by atoms with Gasteiger partial charge in [0.1, 0.15) is 18.1 Å².